The molecule has 0 N–H and O–H groups in total. The fourth-order valence-corrected chi connectivity index (χ4v) is 2.21. The summed E-state index contributed by atoms with van der Waals surface area (Å²) in [5.74, 6) is 0. The molecule has 2 rings (SSSR count). The van der Waals surface area contributed by atoms with Gasteiger partial charge in [-0.2, -0.15) is 0 Å². The zero-order chi connectivity index (χ0) is 11.4. The Hall–Kier alpha value is -0.740. The van der Waals surface area contributed by atoms with Gasteiger partial charge in [0.1, 0.15) is 12.2 Å². The second-order valence-electron chi connectivity index (χ2n) is 4.24. The lowest BCUT2D eigenvalue weighted by molar-refractivity contribution is -0.0642. The molecule has 4 atom stereocenters. The molecule has 2 aliphatic rings. The third-order valence-electron chi connectivity index (χ3n) is 3.04. The van der Waals surface area contributed by atoms with Crippen LogP contribution >= 0.6 is 0 Å². The molecule has 0 saturated carbocycles. The van der Waals surface area contributed by atoms with Gasteiger partial charge in [0.2, 0.25) is 6.08 Å². The minimum Gasteiger partial charge on any atom is -0.373 e. The Morgan fingerprint density at radius 2 is 2.44 bits per heavy atom. The highest BCUT2D eigenvalue weighted by Crippen LogP contribution is 2.29. The molecule has 0 aromatic heterocycles. The first-order valence-corrected chi connectivity index (χ1v) is 5.73. The van der Waals surface area contributed by atoms with E-state index < -0.39 is 0 Å². The van der Waals surface area contributed by atoms with Gasteiger partial charge in [0.05, 0.1) is 25.4 Å². The third-order valence-corrected chi connectivity index (χ3v) is 3.04. The summed E-state index contributed by atoms with van der Waals surface area (Å²) in [5, 5.41) is 0. The van der Waals surface area contributed by atoms with E-state index in [1.165, 1.54) is 6.08 Å². The molecule has 0 bridgehead atoms. The molecule has 0 amide bonds. The van der Waals surface area contributed by atoms with Gasteiger partial charge in [-0.1, -0.05) is 0 Å². The molecular weight excluding hydrogens is 210 g/mol. The van der Waals surface area contributed by atoms with E-state index >= 15 is 0 Å². The number of carbonyl (C=O) groups excluding carboxylic acids is 1. The Kier molecular flexibility index (Phi) is 4.07. The molecule has 2 aliphatic heterocycles. The second-order valence-corrected chi connectivity index (χ2v) is 4.24. The van der Waals surface area contributed by atoms with Crippen molar-refractivity contribution in [2.75, 3.05) is 19.8 Å². The van der Waals surface area contributed by atoms with Crippen molar-refractivity contribution in [3.05, 3.63) is 0 Å². The van der Waals surface area contributed by atoms with Crippen LogP contribution in [0.2, 0.25) is 0 Å². The number of rotatable bonds is 5. The average molecular weight is 227 g/mol. The molecule has 5 nitrogen and oxygen atoms in total. The first kappa shape index (κ1) is 11.7. The zero-order valence-corrected chi connectivity index (χ0v) is 9.43. The van der Waals surface area contributed by atoms with Gasteiger partial charge in [-0.15, -0.1) is 0 Å². The van der Waals surface area contributed by atoms with Gasteiger partial charge in [0.15, 0.2) is 0 Å². The van der Waals surface area contributed by atoms with E-state index in [0.717, 1.165) is 19.4 Å². The fraction of sp³-hybridized carbons (Fsp3) is 0.909. The molecule has 2 fully saturated rings. The SMILES string of the molecule is CC(CCN=C=O)OC1COC2CCOC21. The van der Waals surface area contributed by atoms with E-state index in [4.69, 9.17) is 14.2 Å². The Morgan fingerprint density at radius 1 is 1.56 bits per heavy atom. The maximum Gasteiger partial charge on any atom is 0.234 e. The summed E-state index contributed by atoms with van der Waals surface area (Å²) in [4.78, 5) is 13.4. The average Bonchev–Trinajstić information content (AvgIpc) is 2.83. The Balaban J connectivity index is 1.74. The Morgan fingerprint density at radius 3 is 3.25 bits per heavy atom. The second kappa shape index (κ2) is 5.55. The number of aliphatic imine (C=N–C) groups is 1. The van der Waals surface area contributed by atoms with Crippen LogP contribution in [-0.2, 0) is 19.0 Å². The van der Waals surface area contributed by atoms with E-state index in [2.05, 4.69) is 4.99 Å². The maximum absolute atomic E-state index is 9.91. The van der Waals surface area contributed by atoms with E-state index in [0.29, 0.717) is 13.2 Å². The predicted octanol–water partition coefficient (Wildman–Crippen LogP) is 0.674. The van der Waals surface area contributed by atoms with Crippen LogP contribution in [0.4, 0.5) is 0 Å². The first-order valence-electron chi connectivity index (χ1n) is 5.73. The smallest absolute Gasteiger partial charge is 0.234 e. The van der Waals surface area contributed by atoms with Crippen molar-refractivity contribution >= 4 is 6.08 Å². The number of hydrogen-bond acceptors (Lipinski definition) is 5. The molecule has 0 spiro atoms. The molecule has 0 aliphatic carbocycles. The normalized spacial score (nSPS) is 34.4. The van der Waals surface area contributed by atoms with Crippen molar-refractivity contribution in [3.8, 4) is 0 Å². The van der Waals surface area contributed by atoms with Crippen LogP contribution < -0.4 is 0 Å². The molecule has 2 saturated heterocycles. The van der Waals surface area contributed by atoms with E-state index in [9.17, 15) is 4.79 Å². The molecule has 90 valence electrons. The molecule has 16 heavy (non-hydrogen) atoms. The Labute approximate surface area is 94.8 Å². The van der Waals surface area contributed by atoms with Crippen molar-refractivity contribution in [2.24, 2.45) is 4.99 Å². The summed E-state index contributed by atoms with van der Waals surface area (Å²) in [6.45, 7) is 3.81. The minimum atomic E-state index is 0.0303. The van der Waals surface area contributed by atoms with Crippen molar-refractivity contribution in [1.29, 1.82) is 0 Å². The summed E-state index contributed by atoms with van der Waals surface area (Å²) in [6.07, 6.45) is 3.62. The van der Waals surface area contributed by atoms with Crippen LogP contribution in [0.15, 0.2) is 4.99 Å². The van der Waals surface area contributed by atoms with Crippen LogP contribution in [0.3, 0.4) is 0 Å². The summed E-state index contributed by atoms with van der Waals surface area (Å²) < 4.78 is 17.0. The lowest BCUT2D eigenvalue weighted by Gasteiger charge is -2.21. The molecule has 0 aromatic carbocycles. The highest BCUT2D eigenvalue weighted by Gasteiger charge is 2.42. The minimum absolute atomic E-state index is 0.0303. The van der Waals surface area contributed by atoms with Crippen molar-refractivity contribution in [2.45, 2.75) is 44.2 Å². The van der Waals surface area contributed by atoms with Crippen LogP contribution in [0.1, 0.15) is 19.8 Å². The molecule has 0 aromatic rings. The van der Waals surface area contributed by atoms with Gasteiger partial charge in [0.25, 0.3) is 0 Å². The maximum atomic E-state index is 9.91. The van der Waals surface area contributed by atoms with Crippen LogP contribution in [0, 0.1) is 0 Å². The quantitative estimate of drug-likeness (QED) is 0.512. The van der Waals surface area contributed by atoms with Gasteiger partial charge < -0.3 is 14.2 Å². The van der Waals surface area contributed by atoms with Crippen molar-refractivity contribution < 1.29 is 19.0 Å². The molecule has 4 unspecified atom stereocenters. The molecular formula is C11H17NO4. The monoisotopic (exact) mass is 227 g/mol. The summed E-state index contributed by atoms with van der Waals surface area (Å²) >= 11 is 0. The Bertz CT molecular complexity index is 277. The van der Waals surface area contributed by atoms with Gasteiger partial charge >= 0.3 is 0 Å². The summed E-state index contributed by atoms with van der Waals surface area (Å²) in [5.41, 5.74) is 0. The van der Waals surface area contributed by atoms with Crippen LogP contribution in [0.25, 0.3) is 0 Å². The van der Waals surface area contributed by atoms with Gasteiger partial charge in [0, 0.05) is 6.61 Å². The van der Waals surface area contributed by atoms with Gasteiger partial charge in [-0.05, 0) is 19.8 Å². The highest BCUT2D eigenvalue weighted by molar-refractivity contribution is 5.32. The first-order chi connectivity index (χ1) is 7.81. The molecule has 2 heterocycles. The number of isocyanates is 1. The molecule has 0 radical (unpaired) electrons. The third kappa shape index (κ3) is 2.68. The fourth-order valence-electron chi connectivity index (χ4n) is 2.21. The standard InChI is InChI=1S/C11H17NO4/c1-8(2-4-12-7-13)16-10-6-15-9-3-5-14-11(9)10/h8-11H,2-6H2,1H3. The summed E-state index contributed by atoms with van der Waals surface area (Å²) in [7, 11) is 0. The van der Waals surface area contributed by atoms with Crippen LogP contribution in [0.5, 0.6) is 0 Å². The van der Waals surface area contributed by atoms with Gasteiger partial charge in [-0.25, -0.2) is 9.79 Å². The largest absolute Gasteiger partial charge is 0.373 e. The lowest BCUT2D eigenvalue weighted by atomic mass is 10.1. The number of fused-ring (bicyclic) bond motifs is 1. The highest BCUT2D eigenvalue weighted by atomic mass is 16.6. The lowest BCUT2D eigenvalue weighted by Crippen LogP contribution is -2.33. The number of nitrogens with zero attached hydrogens (tertiary/aromatic N) is 1. The van der Waals surface area contributed by atoms with E-state index in [-0.39, 0.29) is 24.4 Å². The number of hydrogen-bond donors (Lipinski definition) is 0. The van der Waals surface area contributed by atoms with Crippen molar-refractivity contribution in [3.63, 3.8) is 0 Å². The number of ether oxygens (including phenoxy) is 3. The van der Waals surface area contributed by atoms with E-state index in [1.54, 1.807) is 0 Å². The topological polar surface area (TPSA) is 57.1 Å². The molecule has 5 heteroatoms. The zero-order valence-electron chi connectivity index (χ0n) is 9.43. The van der Waals surface area contributed by atoms with Crippen LogP contribution in [-0.4, -0.2) is 50.3 Å². The van der Waals surface area contributed by atoms with Gasteiger partial charge in [-0.3, -0.25) is 0 Å². The van der Waals surface area contributed by atoms with Crippen molar-refractivity contribution in [1.82, 2.24) is 0 Å². The van der Waals surface area contributed by atoms with E-state index in [1.807, 2.05) is 6.92 Å². The predicted molar refractivity (Wildman–Crippen MR) is 56.0 cm³/mol. The summed E-state index contributed by atoms with van der Waals surface area (Å²) in [6, 6.07) is 0.